The van der Waals surface area contributed by atoms with Crippen molar-refractivity contribution in [3.8, 4) is 11.5 Å². The Kier molecular flexibility index (Phi) is 8.51. The molecule has 0 aliphatic carbocycles. The molecule has 2 aromatic rings. The second kappa shape index (κ2) is 11.3. The van der Waals surface area contributed by atoms with Crippen molar-refractivity contribution in [2.45, 2.75) is 26.1 Å². The number of aliphatic hydroxyl groups is 2. The number of nitrogens with zero attached hydrogens (tertiary/aromatic N) is 2. The summed E-state index contributed by atoms with van der Waals surface area (Å²) in [5.74, 6) is 1.57. The molecule has 164 valence electrons. The van der Waals surface area contributed by atoms with E-state index in [1.807, 2.05) is 62.4 Å². The maximum absolute atomic E-state index is 10.3. The Bertz CT molecular complexity index is 677. The molecule has 6 nitrogen and oxygen atoms in total. The molecular weight excluding hydrogens is 380 g/mol. The lowest BCUT2D eigenvalue weighted by molar-refractivity contribution is 0.0240. The van der Waals surface area contributed by atoms with Gasteiger partial charge in [0.15, 0.2) is 0 Å². The molecule has 0 bridgehead atoms. The number of hydrogen-bond acceptors (Lipinski definition) is 6. The lowest BCUT2D eigenvalue weighted by Crippen LogP contribution is -2.51. The van der Waals surface area contributed by atoms with Crippen molar-refractivity contribution >= 4 is 0 Å². The summed E-state index contributed by atoms with van der Waals surface area (Å²) in [6.07, 6.45) is -1.04. The van der Waals surface area contributed by atoms with Gasteiger partial charge in [0.2, 0.25) is 0 Å². The summed E-state index contributed by atoms with van der Waals surface area (Å²) in [7, 11) is 0. The van der Waals surface area contributed by atoms with Crippen molar-refractivity contribution in [1.29, 1.82) is 0 Å². The van der Waals surface area contributed by atoms with Crippen LogP contribution in [0.5, 0.6) is 11.5 Å². The number of β-amino-alcohol motifs (C(OH)–C–C–N with tert-alkyl or cyclic N) is 2. The molecular formula is C24H34N2O4. The van der Waals surface area contributed by atoms with Gasteiger partial charge in [-0.15, -0.1) is 0 Å². The van der Waals surface area contributed by atoms with Gasteiger partial charge in [-0.3, -0.25) is 9.80 Å². The van der Waals surface area contributed by atoms with Crippen LogP contribution in [-0.4, -0.2) is 84.7 Å². The van der Waals surface area contributed by atoms with Gasteiger partial charge >= 0.3 is 0 Å². The highest BCUT2D eigenvalue weighted by molar-refractivity contribution is 5.27. The second-order valence-corrected chi connectivity index (χ2v) is 8.16. The first kappa shape index (κ1) is 22.6. The fourth-order valence-electron chi connectivity index (χ4n) is 3.51. The summed E-state index contributed by atoms with van der Waals surface area (Å²) in [5.41, 5.74) is 2.38. The predicted octanol–water partition coefficient (Wildman–Crippen LogP) is 2.10. The van der Waals surface area contributed by atoms with E-state index in [1.54, 1.807) is 0 Å². The first-order valence-corrected chi connectivity index (χ1v) is 10.7. The topological polar surface area (TPSA) is 65.4 Å². The van der Waals surface area contributed by atoms with E-state index in [-0.39, 0.29) is 0 Å². The molecule has 0 spiro atoms. The van der Waals surface area contributed by atoms with Gasteiger partial charge in [0.05, 0.1) is 0 Å². The van der Waals surface area contributed by atoms with Crippen LogP contribution >= 0.6 is 0 Å². The van der Waals surface area contributed by atoms with E-state index in [1.165, 1.54) is 11.1 Å². The van der Waals surface area contributed by atoms with Crippen molar-refractivity contribution in [3.05, 3.63) is 59.7 Å². The lowest BCUT2D eigenvalue weighted by atomic mass is 10.2. The average molecular weight is 415 g/mol. The standard InChI is InChI=1S/C24H34N2O4/c1-19-3-7-23(8-4-19)29-17-21(27)15-25-11-13-26(14-12-25)16-22(28)18-30-24-9-5-20(2)6-10-24/h3-10,21-22,27-28H,11-18H2,1-2H3/t21-,22+. The molecule has 2 atom stereocenters. The van der Waals surface area contributed by atoms with Gasteiger partial charge in [-0.2, -0.15) is 0 Å². The van der Waals surface area contributed by atoms with Crippen LogP contribution in [0.15, 0.2) is 48.5 Å². The van der Waals surface area contributed by atoms with Crippen molar-refractivity contribution in [2.75, 3.05) is 52.5 Å². The SMILES string of the molecule is Cc1ccc(OC[C@@H](O)CN2CCN(C[C@@H](O)COc3ccc(C)cc3)CC2)cc1. The highest BCUT2D eigenvalue weighted by atomic mass is 16.5. The number of ether oxygens (including phenoxy) is 2. The molecule has 0 saturated carbocycles. The van der Waals surface area contributed by atoms with Gasteiger partial charge in [0.25, 0.3) is 0 Å². The van der Waals surface area contributed by atoms with Crippen LogP contribution < -0.4 is 9.47 Å². The third-order valence-electron chi connectivity index (χ3n) is 5.33. The highest BCUT2D eigenvalue weighted by Crippen LogP contribution is 2.13. The third kappa shape index (κ3) is 7.61. The highest BCUT2D eigenvalue weighted by Gasteiger charge is 2.21. The first-order chi connectivity index (χ1) is 14.5. The maximum Gasteiger partial charge on any atom is 0.119 e. The number of benzene rings is 2. The zero-order valence-corrected chi connectivity index (χ0v) is 18.0. The van der Waals surface area contributed by atoms with Crippen molar-refractivity contribution < 1.29 is 19.7 Å². The van der Waals surface area contributed by atoms with Crippen LogP contribution in [0.1, 0.15) is 11.1 Å². The summed E-state index contributed by atoms with van der Waals surface area (Å²) in [4.78, 5) is 4.49. The number of rotatable bonds is 10. The molecule has 0 unspecified atom stereocenters. The monoisotopic (exact) mass is 414 g/mol. The second-order valence-electron chi connectivity index (χ2n) is 8.16. The summed E-state index contributed by atoms with van der Waals surface area (Å²) >= 11 is 0. The van der Waals surface area contributed by atoms with Gasteiger partial charge < -0.3 is 19.7 Å². The molecule has 30 heavy (non-hydrogen) atoms. The molecule has 2 N–H and O–H groups in total. The van der Waals surface area contributed by atoms with Crippen LogP contribution in [0.2, 0.25) is 0 Å². The first-order valence-electron chi connectivity index (χ1n) is 10.7. The molecule has 1 fully saturated rings. The van der Waals surface area contributed by atoms with Crippen molar-refractivity contribution in [3.63, 3.8) is 0 Å². The predicted molar refractivity (Wildman–Crippen MR) is 118 cm³/mol. The summed E-state index contributed by atoms with van der Waals surface area (Å²) in [6, 6.07) is 15.7. The largest absolute Gasteiger partial charge is 0.491 e. The van der Waals surface area contributed by atoms with Crippen LogP contribution in [0.25, 0.3) is 0 Å². The van der Waals surface area contributed by atoms with Crippen LogP contribution in [-0.2, 0) is 0 Å². The van der Waals surface area contributed by atoms with E-state index in [0.29, 0.717) is 26.3 Å². The normalized spacial score (nSPS) is 17.5. The van der Waals surface area contributed by atoms with E-state index >= 15 is 0 Å². The van der Waals surface area contributed by atoms with Crippen LogP contribution in [0.4, 0.5) is 0 Å². The lowest BCUT2D eigenvalue weighted by Gasteiger charge is -2.36. The molecule has 2 aromatic carbocycles. The van der Waals surface area contributed by atoms with E-state index in [9.17, 15) is 10.2 Å². The van der Waals surface area contributed by atoms with Crippen LogP contribution in [0, 0.1) is 13.8 Å². The molecule has 1 aliphatic rings. The molecule has 1 heterocycles. The maximum atomic E-state index is 10.3. The van der Waals surface area contributed by atoms with Gasteiger partial charge in [-0.05, 0) is 38.1 Å². The van der Waals surface area contributed by atoms with Crippen molar-refractivity contribution in [2.24, 2.45) is 0 Å². The third-order valence-corrected chi connectivity index (χ3v) is 5.33. The quantitative estimate of drug-likeness (QED) is 0.621. The van der Waals surface area contributed by atoms with E-state index in [4.69, 9.17) is 9.47 Å². The number of aliphatic hydroxyl groups excluding tert-OH is 2. The number of piperazine rings is 1. The Morgan fingerprint density at radius 2 is 1.00 bits per heavy atom. The Balaban J connectivity index is 1.30. The Labute approximate surface area is 179 Å². The Morgan fingerprint density at radius 3 is 1.33 bits per heavy atom. The van der Waals surface area contributed by atoms with Gasteiger partial charge in [0, 0.05) is 39.3 Å². The van der Waals surface area contributed by atoms with Crippen molar-refractivity contribution in [1.82, 2.24) is 9.80 Å². The Morgan fingerprint density at radius 1 is 0.667 bits per heavy atom. The fourth-order valence-corrected chi connectivity index (χ4v) is 3.51. The Hall–Kier alpha value is -2.12. The number of aryl methyl sites for hydroxylation is 2. The average Bonchev–Trinajstić information content (AvgIpc) is 2.74. The van der Waals surface area contributed by atoms with Crippen LogP contribution in [0.3, 0.4) is 0 Å². The van der Waals surface area contributed by atoms with Gasteiger partial charge in [-0.25, -0.2) is 0 Å². The molecule has 0 aromatic heterocycles. The van der Waals surface area contributed by atoms with E-state index in [2.05, 4.69) is 9.80 Å². The van der Waals surface area contributed by atoms with Gasteiger partial charge in [0.1, 0.15) is 36.9 Å². The number of hydrogen-bond donors (Lipinski definition) is 2. The minimum absolute atomic E-state index is 0.290. The van der Waals surface area contributed by atoms with Gasteiger partial charge in [-0.1, -0.05) is 35.4 Å². The van der Waals surface area contributed by atoms with E-state index < -0.39 is 12.2 Å². The minimum atomic E-state index is -0.522. The summed E-state index contributed by atoms with van der Waals surface area (Å²) in [5, 5.41) is 20.6. The molecule has 1 aliphatic heterocycles. The molecule has 6 heteroatoms. The summed E-state index contributed by atoms with van der Waals surface area (Å²) in [6.45, 7) is 9.32. The summed E-state index contributed by atoms with van der Waals surface area (Å²) < 4.78 is 11.3. The molecule has 3 rings (SSSR count). The molecule has 0 amide bonds. The smallest absolute Gasteiger partial charge is 0.119 e. The fraction of sp³-hybridized carbons (Fsp3) is 0.500. The van der Waals surface area contributed by atoms with E-state index in [0.717, 1.165) is 37.7 Å². The minimum Gasteiger partial charge on any atom is -0.491 e. The zero-order chi connectivity index (χ0) is 21.3. The molecule has 1 saturated heterocycles. The molecule has 0 radical (unpaired) electrons. The zero-order valence-electron chi connectivity index (χ0n) is 18.0.